The predicted octanol–water partition coefficient (Wildman–Crippen LogP) is 5.66. The minimum Gasteiger partial charge on any atom is -0.370 e. The molecular weight excluding hydrogens is 760 g/mol. The van der Waals surface area contributed by atoms with Crippen LogP contribution in [-0.2, 0) is 22.3 Å². The van der Waals surface area contributed by atoms with E-state index in [2.05, 4.69) is 52.2 Å². The van der Waals surface area contributed by atoms with Crippen molar-refractivity contribution in [3.63, 3.8) is 0 Å². The number of aromatic nitrogens is 4. The molecule has 0 bridgehead atoms. The highest BCUT2D eigenvalue weighted by Gasteiger charge is 2.35. The van der Waals surface area contributed by atoms with Crippen molar-refractivity contribution in [2.75, 3.05) is 56.0 Å². The number of rotatable bonds is 8. The standard InChI is InChI=1S/C44H44F3N9O3/c1-29-4-5-32(21-31(29)7-9-36-26-49-40-3-2-14-50-56(36)40)42(58)51-35-8-6-33(39(23-35)44(45,46)47)28-54-19-17-53(18-20-54)27-30-12-15-55(16-13-30)37-22-34(24-48-25-37)38-10-11-41(57)52-43(38)59/h2-6,8,14,21-26,30,38H,10-13,15-20,27-28H2,1H3,(H,51,58)(H,52,57,59). The summed E-state index contributed by atoms with van der Waals surface area (Å²) in [4.78, 5) is 52.7. The molecule has 304 valence electrons. The second kappa shape index (κ2) is 17.0. The van der Waals surface area contributed by atoms with Gasteiger partial charge in [-0.05, 0) is 97.2 Å². The normalized spacial score (nSPS) is 18.4. The van der Waals surface area contributed by atoms with Gasteiger partial charge in [0.1, 0.15) is 5.69 Å². The lowest BCUT2D eigenvalue weighted by Crippen LogP contribution is -2.48. The fourth-order valence-corrected chi connectivity index (χ4v) is 8.13. The van der Waals surface area contributed by atoms with Gasteiger partial charge in [0.2, 0.25) is 11.8 Å². The average Bonchev–Trinajstić information content (AvgIpc) is 3.65. The number of imide groups is 1. The van der Waals surface area contributed by atoms with Crippen molar-refractivity contribution in [1.29, 1.82) is 0 Å². The van der Waals surface area contributed by atoms with Crippen LogP contribution in [0.3, 0.4) is 0 Å². The lowest BCUT2D eigenvalue weighted by molar-refractivity contribution is -0.138. The quantitative estimate of drug-likeness (QED) is 0.151. The van der Waals surface area contributed by atoms with Crippen LogP contribution in [-0.4, -0.2) is 92.9 Å². The smallest absolute Gasteiger partial charge is 0.370 e. The van der Waals surface area contributed by atoms with Gasteiger partial charge in [-0.15, -0.1) is 0 Å². The number of imidazole rings is 1. The molecule has 3 aliphatic heterocycles. The molecule has 2 aromatic carbocycles. The third-order valence-electron chi connectivity index (χ3n) is 11.5. The molecule has 0 saturated carbocycles. The number of nitrogens with zero attached hydrogens (tertiary/aromatic N) is 7. The maximum Gasteiger partial charge on any atom is 0.416 e. The third-order valence-corrected chi connectivity index (χ3v) is 11.5. The number of hydrogen-bond acceptors (Lipinski definition) is 9. The number of nitrogens with one attached hydrogen (secondary N) is 2. The molecule has 0 aliphatic carbocycles. The molecule has 3 saturated heterocycles. The molecule has 3 aromatic heterocycles. The Hall–Kier alpha value is -6.11. The Balaban J connectivity index is 0.836. The molecule has 0 radical (unpaired) electrons. The van der Waals surface area contributed by atoms with Gasteiger partial charge in [0.25, 0.3) is 5.91 Å². The molecule has 0 spiro atoms. The summed E-state index contributed by atoms with van der Waals surface area (Å²) in [7, 11) is 0. The number of carbonyl (C=O) groups excluding carboxylic acids is 3. The summed E-state index contributed by atoms with van der Waals surface area (Å²) in [6.07, 6.45) is 4.99. The SMILES string of the molecule is Cc1ccc(C(=O)Nc2ccc(CN3CCN(CC4CCN(c5cncc(C6CCC(=O)NC6=O)c5)CC4)CC3)c(C(F)(F)F)c2)cc1C#Cc1cnc2cccnn12. The minimum absolute atomic E-state index is 0.0604. The van der Waals surface area contributed by atoms with Gasteiger partial charge in [0, 0.05) is 88.0 Å². The number of piperazine rings is 1. The first-order chi connectivity index (χ1) is 28.5. The van der Waals surface area contributed by atoms with Gasteiger partial charge in [0.05, 0.1) is 29.6 Å². The highest BCUT2D eigenvalue weighted by atomic mass is 19.4. The summed E-state index contributed by atoms with van der Waals surface area (Å²) in [6.45, 7) is 7.54. The maximum atomic E-state index is 14.4. The van der Waals surface area contributed by atoms with Crippen molar-refractivity contribution in [2.24, 2.45) is 5.92 Å². The first-order valence-electron chi connectivity index (χ1n) is 19.9. The molecule has 8 rings (SSSR count). The van der Waals surface area contributed by atoms with Crippen LogP contribution in [0.5, 0.6) is 0 Å². The van der Waals surface area contributed by atoms with Crippen molar-refractivity contribution in [1.82, 2.24) is 34.7 Å². The molecule has 3 aliphatic rings. The van der Waals surface area contributed by atoms with E-state index in [1.807, 2.05) is 25.3 Å². The molecule has 6 heterocycles. The van der Waals surface area contributed by atoms with Gasteiger partial charge in [-0.1, -0.05) is 18.1 Å². The van der Waals surface area contributed by atoms with E-state index in [1.165, 1.54) is 12.1 Å². The second-order valence-electron chi connectivity index (χ2n) is 15.5. The number of benzene rings is 2. The summed E-state index contributed by atoms with van der Waals surface area (Å²) in [6, 6.07) is 14.6. The lowest BCUT2D eigenvalue weighted by Gasteiger charge is -2.39. The van der Waals surface area contributed by atoms with Crippen LogP contribution < -0.4 is 15.5 Å². The zero-order chi connectivity index (χ0) is 41.1. The van der Waals surface area contributed by atoms with E-state index < -0.39 is 17.6 Å². The first kappa shape index (κ1) is 39.7. The van der Waals surface area contributed by atoms with Gasteiger partial charge < -0.3 is 15.1 Å². The topological polar surface area (TPSA) is 128 Å². The van der Waals surface area contributed by atoms with Crippen molar-refractivity contribution < 1.29 is 27.6 Å². The Morgan fingerprint density at radius 2 is 1.71 bits per heavy atom. The largest absolute Gasteiger partial charge is 0.416 e. The van der Waals surface area contributed by atoms with Crippen molar-refractivity contribution in [3.8, 4) is 11.8 Å². The maximum absolute atomic E-state index is 14.4. The van der Waals surface area contributed by atoms with Gasteiger partial charge in [-0.3, -0.25) is 29.6 Å². The molecule has 5 aromatic rings. The summed E-state index contributed by atoms with van der Waals surface area (Å²) in [5.74, 6) is 5.21. The number of anilines is 2. The van der Waals surface area contributed by atoms with Crippen LogP contribution in [0.25, 0.3) is 5.65 Å². The molecular formula is C44H44F3N9O3. The Bertz CT molecular complexity index is 2440. The number of alkyl halides is 3. The molecule has 3 amide bonds. The molecule has 2 N–H and O–H groups in total. The Morgan fingerprint density at radius 3 is 2.49 bits per heavy atom. The van der Waals surface area contributed by atoms with Gasteiger partial charge >= 0.3 is 6.18 Å². The second-order valence-corrected chi connectivity index (χ2v) is 15.5. The number of fused-ring (bicyclic) bond motifs is 1. The van der Waals surface area contributed by atoms with E-state index in [1.54, 1.807) is 47.4 Å². The molecule has 1 atom stereocenters. The zero-order valence-electron chi connectivity index (χ0n) is 32.6. The highest BCUT2D eigenvalue weighted by Crippen LogP contribution is 2.35. The predicted molar refractivity (Wildman–Crippen MR) is 216 cm³/mol. The van der Waals surface area contributed by atoms with Crippen molar-refractivity contribution in [2.45, 2.75) is 51.2 Å². The van der Waals surface area contributed by atoms with E-state index in [-0.39, 0.29) is 41.1 Å². The van der Waals surface area contributed by atoms with E-state index in [9.17, 15) is 27.6 Å². The molecule has 3 fully saturated rings. The van der Waals surface area contributed by atoms with Crippen molar-refractivity contribution >= 4 is 34.7 Å². The number of carbonyl (C=O) groups is 3. The average molecular weight is 804 g/mol. The fraction of sp³-hybridized carbons (Fsp3) is 0.364. The van der Waals surface area contributed by atoms with Gasteiger partial charge in [-0.25, -0.2) is 9.50 Å². The minimum atomic E-state index is -4.60. The molecule has 59 heavy (non-hydrogen) atoms. The fourth-order valence-electron chi connectivity index (χ4n) is 8.13. The number of piperidine rings is 2. The van der Waals surface area contributed by atoms with Crippen LogP contribution >= 0.6 is 0 Å². The van der Waals surface area contributed by atoms with E-state index in [0.29, 0.717) is 48.8 Å². The molecule has 1 unspecified atom stereocenters. The Kier molecular flexibility index (Phi) is 11.4. The molecule has 12 nitrogen and oxygen atoms in total. The van der Waals surface area contributed by atoms with Crippen LogP contribution in [0.4, 0.5) is 24.5 Å². The summed E-state index contributed by atoms with van der Waals surface area (Å²) < 4.78 is 44.9. The summed E-state index contributed by atoms with van der Waals surface area (Å²) in [5, 5.41) is 9.35. The zero-order valence-corrected chi connectivity index (χ0v) is 32.6. The highest BCUT2D eigenvalue weighted by molar-refractivity contribution is 6.04. The van der Waals surface area contributed by atoms with Crippen molar-refractivity contribution in [3.05, 3.63) is 118 Å². The summed E-state index contributed by atoms with van der Waals surface area (Å²) >= 11 is 0. The van der Waals surface area contributed by atoms with E-state index in [4.69, 9.17) is 0 Å². The Labute approximate surface area is 339 Å². The van der Waals surface area contributed by atoms with Crippen LogP contribution in [0, 0.1) is 24.7 Å². The lowest BCUT2D eigenvalue weighted by atomic mass is 9.91. The number of hydrogen-bond donors (Lipinski definition) is 2. The van der Waals surface area contributed by atoms with E-state index in [0.717, 1.165) is 68.4 Å². The molecule has 15 heteroatoms. The van der Waals surface area contributed by atoms with Gasteiger partial charge in [-0.2, -0.15) is 18.3 Å². The number of aryl methyl sites for hydroxylation is 1. The van der Waals surface area contributed by atoms with Crippen LogP contribution in [0.1, 0.15) is 75.5 Å². The van der Waals surface area contributed by atoms with E-state index >= 15 is 0 Å². The monoisotopic (exact) mass is 803 g/mol. The number of halogens is 3. The van der Waals surface area contributed by atoms with Gasteiger partial charge in [0.15, 0.2) is 5.65 Å². The third kappa shape index (κ3) is 9.29. The first-order valence-corrected chi connectivity index (χ1v) is 19.9. The summed E-state index contributed by atoms with van der Waals surface area (Å²) in [5.41, 5.74) is 4.22. The Morgan fingerprint density at radius 1 is 0.915 bits per heavy atom. The number of amides is 3. The number of pyridine rings is 1. The van der Waals surface area contributed by atoms with Crippen LogP contribution in [0.2, 0.25) is 0 Å². The van der Waals surface area contributed by atoms with Crippen LogP contribution in [0.15, 0.2) is 79.4 Å².